The molecule has 0 radical (unpaired) electrons. The fraction of sp³-hybridized carbons (Fsp3) is 0.391. The molecule has 0 bridgehead atoms. The first-order valence-corrected chi connectivity index (χ1v) is 11.8. The summed E-state index contributed by atoms with van der Waals surface area (Å²) in [6.45, 7) is 9.49. The molecule has 1 aliphatic heterocycles. The average Bonchev–Trinajstić information content (AvgIpc) is 3.08. The molecule has 0 aliphatic carbocycles. The Morgan fingerprint density at radius 3 is 2.26 bits per heavy atom. The zero-order valence-corrected chi connectivity index (χ0v) is 19.3. The van der Waals surface area contributed by atoms with Gasteiger partial charge in [0.1, 0.15) is 6.04 Å². The van der Waals surface area contributed by atoms with E-state index in [1.807, 2.05) is 32.0 Å². The summed E-state index contributed by atoms with van der Waals surface area (Å²) in [4.78, 5) is 26.4. The summed E-state index contributed by atoms with van der Waals surface area (Å²) in [5.74, 6) is -0.744. The highest BCUT2D eigenvalue weighted by atomic mass is 32.2. The second kappa shape index (κ2) is 8.80. The van der Waals surface area contributed by atoms with E-state index in [9.17, 15) is 18.0 Å². The van der Waals surface area contributed by atoms with Crippen LogP contribution >= 0.6 is 0 Å². The number of benzene rings is 2. The third kappa shape index (κ3) is 5.14. The quantitative estimate of drug-likeness (QED) is 0.717. The van der Waals surface area contributed by atoms with Crippen LogP contribution in [0.4, 0.5) is 11.4 Å². The van der Waals surface area contributed by atoms with E-state index in [1.165, 1.54) is 13.0 Å². The van der Waals surface area contributed by atoms with Crippen LogP contribution in [0.25, 0.3) is 0 Å². The smallest absolute Gasteiger partial charge is 0.242 e. The van der Waals surface area contributed by atoms with Crippen LogP contribution in [-0.4, -0.2) is 32.8 Å². The van der Waals surface area contributed by atoms with Crippen LogP contribution in [-0.2, 0) is 26.0 Å². The number of sulfonamides is 1. The van der Waals surface area contributed by atoms with Crippen molar-refractivity contribution in [2.24, 2.45) is 5.92 Å². The minimum Gasteiger partial charge on any atom is -0.325 e. The molecule has 31 heavy (non-hydrogen) atoms. The zero-order chi connectivity index (χ0) is 22.9. The lowest BCUT2D eigenvalue weighted by Crippen LogP contribution is -2.47. The van der Waals surface area contributed by atoms with Crippen molar-refractivity contribution in [3.8, 4) is 0 Å². The van der Waals surface area contributed by atoms with Crippen LogP contribution in [0, 0.1) is 19.8 Å². The van der Waals surface area contributed by atoms with Crippen molar-refractivity contribution < 1.29 is 18.0 Å². The molecule has 0 fully saturated rings. The van der Waals surface area contributed by atoms with Gasteiger partial charge in [-0.1, -0.05) is 19.9 Å². The lowest BCUT2D eigenvalue weighted by Gasteiger charge is -2.22. The van der Waals surface area contributed by atoms with Gasteiger partial charge in [0.25, 0.3) is 0 Å². The molecule has 8 heteroatoms. The normalized spacial score (nSPS) is 14.5. The molecule has 1 atom stereocenters. The highest BCUT2D eigenvalue weighted by molar-refractivity contribution is 7.89. The highest BCUT2D eigenvalue weighted by Gasteiger charge is 2.30. The monoisotopic (exact) mass is 443 g/mol. The lowest BCUT2D eigenvalue weighted by molar-refractivity contribution is -0.118. The molecular weight excluding hydrogens is 414 g/mol. The van der Waals surface area contributed by atoms with Crippen molar-refractivity contribution in [1.29, 1.82) is 0 Å². The number of hydrogen-bond donors (Lipinski definition) is 2. The first-order valence-electron chi connectivity index (χ1n) is 10.3. The number of anilines is 2. The van der Waals surface area contributed by atoms with Crippen LogP contribution in [0.3, 0.4) is 0 Å². The number of hydrogen-bond acceptors (Lipinski definition) is 4. The minimum atomic E-state index is -3.93. The third-order valence-electron chi connectivity index (χ3n) is 5.36. The maximum absolute atomic E-state index is 13.1. The number of nitrogens with zero attached hydrogens (tertiary/aromatic N) is 1. The first-order chi connectivity index (χ1) is 14.5. The molecule has 2 N–H and O–H groups in total. The Morgan fingerprint density at radius 2 is 1.68 bits per heavy atom. The van der Waals surface area contributed by atoms with Gasteiger partial charge in [-0.3, -0.25) is 9.59 Å². The van der Waals surface area contributed by atoms with Gasteiger partial charge in [0.2, 0.25) is 21.8 Å². The topological polar surface area (TPSA) is 95.6 Å². The largest absolute Gasteiger partial charge is 0.325 e. The van der Waals surface area contributed by atoms with Crippen LogP contribution in [0.5, 0.6) is 0 Å². The van der Waals surface area contributed by atoms with Crippen molar-refractivity contribution in [2.75, 3.05) is 16.8 Å². The van der Waals surface area contributed by atoms with E-state index in [-0.39, 0.29) is 16.7 Å². The summed E-state index contributed by atoms with van der Waals surface area (Å²) in [5, 5.41) is 2.83. The molecule has 7 nitrogen and oxygen atoms in total. The molecule has 0 saturated carbocycles. The molecular formula is C23H29N3O4S. The van der Waals surface area contributed by atoms with Crippen LogP contribution in [0.2, 0.25) is 0 Å². The molecule has 0 unspecified atom stereocenters. The van der Waals surface area contributed by atoms with Gasteiger partial charge in [-0.15, -0.1) is 0 Å². The van der Waals surface area contributed by atoms with E-state index < -0.39 is 22.0 Å². The molecule has 1 heterocycles. The van der Waals surface area contributed by atoms with Crippen molar-refractivity contribution in [2.45, 2.75) is 52.0 Å². The van der Waals surface area contributed by atoms with E-state index in [4.69, 9.17) is 0 Å². The molecule has 2 aromatic rings. The van der Waals surface area contributed by atoms with Gasteiger partial charge in [-0.25, -0.2) is 8.42 Å². The summed E-state index contributed by atoms with van der Waals surface area (Å²) >= 11 is 0. The second-order valence-electron chi connectivity index (χ2n) is 8.42. The van der Waals surface area contributed by atoms with Gasteiger partial charge < -0.3 is 10.2 Å². The van der Waals surface area contributed by atoms with Gasteiger partial charge in [0, 0.05) is 24.8 Å². The van der Waals surface area contributed by atoms with Crippen molar-refractivity contribution in [3.05, 3.63) is 53.1 Å². The minimum absolute atomic E-state index is 0.0737. The summed E-state index contributed by atoms with van der Waals surface area (Å²) in [6, 6.07) is 9.46. The Bertz CT molecular complexity index is 1110. The fourth-order valence-corrected chi connectivity index (χ4v) is 5.26. The maximum Gasteiger partial charge on any atom is 0.242 e. The lowest BCUT2D eigenvalue weighted by atomic mass is 10.0. The third-order valence-corrected chi connectivity index (χ3v) is 6.80. The van der Waals surface area contributed by atoms with Crippen molar-refractivity contribution in [1.82, 2.24) is 4.72 Å². The Hall–Kier alpha value is -2.71. The highest BCUT2D eigenvalue weighted by Crippen LogP contribution is 2.30. The van der Waals surface area contributed by atoms with Gasteiger partial charge in [-0.05, 0) is 73.2 Å². The van der Waals surface area contributed by atoms with Crippen LogP contribution in [0.1, 0.15) is 37.5 Å². The average molecular weight is 444 g/mol. The van der Waals surface area contributed by atoms with E-state index in [1.54, 1.807) is 30.9 Å². The fourth-order valence-electron chi connectivity index (χ4n) is 3.87. The zero-order valence-electron chi connectivity index (χ0n) is 18.5. The number of amides is 2. The molecule has 3 rings (SSSR count). The predicted octanol–water partition coefficient (Wildman–Crippen LogP) is 3.15. The molecule has 0 aromatic heterocycles. The Morgan fingerprint density at radius 1 is 1.03 bits per heavy atom. The summed E-state index contributed by atoms with van der Waals surface area (Å²) < 4.78 is 28.7. The molecule has 0 saturated heterocycles. The molecule has 1 aliphatic rings. The van der Waals surface area contributed by atoms with E-state index in [2.05, 4.69) is 10.0 Å². The standard InChI is InChI=1S/C23H29N3O4S/c1-14(2)22(23(28)24-19-11-15(3)10-16(4)12-19)25-31(29,30)20-6-7-21-18(13-20)8-9-26(21)17(5)27/h6-7,10-14,22,25H,8-9H2,1-5H3,(H,24,28)/t22-/m0/s1. The van der Waals surface area contributed by atoms with E-state index in [0.717, 1.165) is 22.4 Å². The summed E-state index contributed by atoms with van der Waals surface area (Å²) in [6.07, 6.45) is 0.596. The SMILES string of the molecule is CC(=O)N1CCc2cc(S(=O)(=O)N[C@H](C(=O)Nc3cc(C)cc(C)c3)C(C)C)ccc21. The Kier molecular flexibility index (Phi) is 6.52. The van der Waals surface area contributed by atoms with Crippen molar-refractivity contribution in [3.63, 3.8) is 0 Å². The number of fused-ring (bicyclic) bond motifs is 1. The molecule has 2 amide bonds. The van der Waals surface area contributed by atoms with Crippen molar-refractivity contribution >= 4 is 33.2 Å². The van der Waals surface area contributed by atoms with E-state index >= 15 is 0 Å². The maximum atomic E-state index is 13.1. The predicted molar refractivity (Wildman–Crippen MR) is 122 cm³/mol. The number of nitrogens with one attached hydrogen (secondary N) is 2. The van der Waals surface area contributed by atoms with Gasteiger partial charge in [0.15, 0.2) is 0 Å². The first kappa shape index (κ1) is 23.0. The summed E-state index contributed by atoms with van der Waals surface area (Å²) in [7, 11) is -3.93. The van der Waals surface area contributed by atoms with Crippen LogP contribution < -0.4 is 14.9 Å². The Balaban J connectivity index is 1.82. The second-order valence-corrected chi connectivity index (χ2v) is 10.1. The number of carbonyl (C=O) groups excluding carboxylic acids is 2. The number of carbonyl (C=O) groups is 2. The Labute approximate surface area is 183 Å². The van der Waals surface area contributed by atoms with E-state index in [0.29, 0.717) is 18.7 Å². The van der Waals surface area contributed by atoms with Crippen LogP contribution in [0.15, 0.2) is 41.3 Å². The molecule has 2 aromatic carbocycles. The van der Waals surface area contributed by atoms with Gasteiger partial charge in [-0.2, -0.15) is 4.72 Å². The van der Waals surface area contributed by atoms with Gasteiger partial charge in [0.05, 0.1) is 4.90 Å². The molecule has 0 spiro atoms. The summed E-state index contributed by atoms with van der Waals surface area (Å²) in [5.41, 5.74) is 4.19. The number of rotatable bonds is 6. The van der Waals surface area contributed by atoms with Gasteiger partial charge >= 0.3 is 0 Å². The number of aryl methyl sites for hydroxylation is 2. The molecule has 166 valence electrons.